The Hall–Kier alpha value is -1.12. The molecule has 2 aliphatic carbocycles. The van der Waals surface area contributed by atoms with Crippen LogP contribution >= 0.6 is 0 Å². The molecule has 1 saturated carbocycles. The second-order valence-electron chi connectivity index (χ2n) is 8.98. The van der Waals surface area contributed by atoms with Gasteiger partial charge in [-0.05, 0) is 63.4 Å². The largest absolute Gasteiger partial charge is 0.495 e. The molecular formula is C27H48O7. The van der Waals surface area contributed by atoms with Gasteiger partial charge in [-0.1, -0.05) is 6.92 Å². The summed E-state index contributed by atoms with van der Waals surface area (Å²) >= 11 is 0. The van der Waals surface area contributed by atoms with Crippen molar-refractivity contribution < 1.29 is 33.2 Å². The Morgan fingerprint density at radius 1 is 0.676 bits per heavy atom. The maximum absolute atomic E-state index is 5.97. The van der Waals surface area contributed by atoms with Crippen LogP contribution in [0.15, 0.2) is 23.7 Å². The minimum absolute atomic E-state index is 0.440. The second kappa shape index (κ2) is 18.2. The lowest BCUT2D eigenvalue weighted by atomic mass is 9.96. The topological polar surface area (TPSA) is 64.6 Å². The predicted molar refractivity (Wildman–Crippen MR) is 133 cm³/mol. The normalized spacial score (nSPS) is 19.0. The molecule has 1 unspecified atom stereocenters. The van der Waals surface area contributed by atoms with Crippen molar-refractivity contribution in [3.63, 3.8) is 0 Å². The molecule has 0 saturated heterocycles. The van der Waals surface area contributed by atoms with Crippen molar-refractivity contribution in [2.24, 2.45) is 11.3 Å². The Kier molecular flexibility index (Phi) is 15.6. The van der Waals surface area contributed by atoms with Gasteiger partial charge in [-0.3, -0.25) is 0 Å². The first-order chi connectivity index (χ1) is 16.7. The van der Waals surface area contributed by atoms with Crippen LogP contribution in [-0.4, -0.2) is 79.3 Å². The third-order valence-corrected chi connectivity index (χ3v) is 6.37. The molecule has 7 heteroatoms. The molecule has 2 rings (SSSR count). The summed E-state index contributed by atoms with van der Waals surface area (Å²) in [6.45, 7) is 14.0. The van der Waals surface area contributed by atoms with Crippen molar-refractivity contribution in [3.05, 3.63) is 23.7 Å². The molecule has 0 aromatic rings. The molecule has 0 N–H and O–H groups in total. The van der Waals surface area contributed by atoms with Crippen molar-refractivity contribution in [2.45, 2.75) is 59.3 Å². The van der Waals surface area contributed by atoms with Crippen LogP contribution in [-0.2, 0) is 33.2 Å². The van der Waals surface area contributed by atoms with E-state index in [1.54, 1.807) is 0 Å². The average molecular weight is 485 g/mol. The number of allylic oxidation sites excluding steroid dienone is 3. The van der Waals surface area contributed by atoms with E-state index in [4.69, 9.17) is 33.2 Å². The summed E-state index contributed by atoms with van der Waals surface area (Å²) in [4.78, 5) is 0. The molecule has 0 bridgehead atoms. The van der Waals surface area contributed by atoms with Crippen LogP contribution in [0.1, 0.15) is 59.3 Å². The quantitative estimate of drug-likeness (QED) is 0.191. The first kappa shape index (κ1) is 29.1. The van der Waals surface area contributed by atoms with E-state index in [0.717, 1.165) is 63.6 Å². The minimum atomic E-state index is 0.440. The molecule has 0 aromatic carbocycles. The van der Waals surface area contributed by atoms with Crippen LogP contribution in [0.25, 0.3) is 0 Å². The highest BCUT2D eigenvalue weighted by atomic mass is 16.6. The van der Waals surface area contributed by atoms with Crippen LogP contribution in [0.2, 0.25) is 0 Å². The van der Waals surface area contributed by atoms with E-state index in [1.807, 2.05) is 13.0 Å². The van der Waals surface area contributed by atoms with Gasteiger partial charge >= 0.3 is 0 Å². The highest BCUT2D eigenvalue weighted by Gasteiger charge is 2.41. The van der Waals surface area contributed by atoms with Crippen molar-refractivity contribution in [1.82, 2.24) is 0 Å². The van der Waals surface area contributed by atoms with Gasteiger partial charge in [-0.25, -0.2) is 0 Å². The third kappa shape index (κ3) is 13.1. The molecule has 2 aliphatic rings. The number of ether oxygens (including phenoxy) is 7. The third-order valence-electron chi connectivity index (χ3n) is 6.37. The van der Waals surface area contributed by atoms with Crippen LogP contribution in [0.4, 0.5) is 0 Å². The van der Waals surface area contributed by atoms with E-state index in [1.165, 1.54) is 12.8 Å². The molecule has 1 fully saturated rings. The molecule has 34 heavy (non-hydrogen) atoms. The smallest absolute Gasteiger partial charge is 0.119 e. The molecule has 0 radical (unpaired) electrons. The lowest BCUT2D eigenvalue weighted by molar-refractivity contribution is 0.00558. The van der Waals surface area contributed by atoms with Gasteiger partial charge in [0.15, 0.2) is 0 Å². The summed E-state index contributed by atoms with van der Waals surface area (Å²) < 4.78 is 39.5. The maximum Gasteiger partial charge on any atom is 0.119 e. The Balaban J connectivity index is 1.52. The lowest BCUT2D eigenvalue weighted by Gasteiger charge is -2.21. The van der Waals surface area contributed by atoms with Gasteiger partial charge in [0.25, 0.3) is 0 Å². The van der Waals surface area contributed by atoms with Gasteiger partial charge in [-0.2, -0.15) is 0 Å². The van der Waals surface area contributed by atoms with E-state index in [0.29, 0.717) is 64.2 Å². The van der Waals surface area contributed by atoms with E-state index in [9.17, 15) is 0 Å². The second-order valence-corrected chi connectivity index (χ2v) is 8.98. The fourth-order valence-corrected chi connectivity index (χ4v) is 3.93. The summed E-state index contributed by atoms with van der Waals surface area (Å²) in [5.74, 6) is 2.29. The summed E-state index contributed by atoms with van der Waals surface area (Å²) in [5.41, 5.74) is 0.478. The molecule has 0 amide bonds. The van der Waals surface area contributed by atoms with E-state index >= 15 is 0 Å². The molecule has 198 valence electrons. The molecule has 0 aromatic heterocycles. The maximum atomic E-state index is 5.97. The lowest BCUT2D eigenvalue weighted by Crippen LogP contribution is -2.14. The zero-order valence-corrected chi connectivity index (χ0v) is 21.8. The average Bonchev–Trinajstić information content (AvgIpc) is 3.62. The van der Waals surface area contributed by atoms with E-state index in [2.05, 4.69) is 19.9 Å². The van der Waals surface area contributed by atoms with Gasteiger partial charge in [0.2, 0.25) is 0 Å². The summed E-state index contributed by atoms with van der Waals surface area (Å²) in [6.07, 6.45) is 11.1. The highest BCUT2D eigenvalue weighted by molar-refractivity contribution is 5.22. The summed E-state index contributed by atoms with van der Waals surface area (Å²) in [7, 11) is 0. The molecule has 7 nitrogen and oxygen atoms in total. The summed E-state index contributed by atoms with van der Waals surface area (Å²) in [6, 6.07) is 0. The highest BCUT2D eigenvalue weighted by Crippen LogP contribution is 2.51. The number of hydrogen-bond acceptors (Lipinski definition) is 7. The molecular weight excluding hydrogens is 436 g/mol. The van der Waals surface area contributed by atoms with E-state index in [-0.39, 0.29) is 0 Å². The van der Waals surface area contributed by atoms with Gasteiger partial charge in [0, 0.05) is 38.9 Å². The minimum Gasteiger partial charge on any atom is -0.495 e. The predicted octanol–water partition coefficient (Wildman–Crippen LogP) is 4.90. The monoisotopic (exact) mass is 484 g/mol. The molecule has 0 spiro atoms. The van der Waals surface area contributed by atoms with Crippen LogP contribution in [0.3, 0.4) is 0 Å². The van der Waals surface area contributed by atoms with Gasteiger partial charge in [0.1, 0.15) is 24.7 Å². The van der Waals surface area contributed by atoms with Crippen molar-refractivity contribution in [3.8, 4) is 0 Å². The molecule has 0 aliphatic heterocycles. The van der Waals surface area contributed by atoms with Gasteiger partial charge in [0.05, 0.1) is 39.6 Å². The van der Waals surface area contributed by atoms with Gasteiger partial charge < -0.3 is 33.2 Å². The first-order valence-electron chi connectivity index (χ1n) is 13.3. The van der Waals surface area contributed by atoms with Crippen molar-refractivity contribution in [1.29, 1.82) is 0 Å². The zero-order chi connectivity index (χ0) is 24.3. The molecule has 1 atom stereocenters. The fraction of sp³-hybridized carbons (Fsp3) is 0.852. The van der Waals surface area contributed by atoms with Crippen LogP contribution in [0, 0.1) is 11.3 Å². The summed E-state index contributed by atoms with van der Waals surface area (Å²) in [5, 5.41) is 0. The SMILES string of the molecule is CCOCCOCCOCCOC1=CC(OCCOCCC2(CCOCC)CC2)=CC(CC)C1. The standard InChI is InChI=1S/C27H48O7/c1-4-24-21-25(33-19-17-30-12-10-27(7-8-27)9-11-28-5-2)23-26(22-24)34-20-18-32-16-15-31-14-13-29-6-3/h21,23-24H,4-20,22H2,1-3H3. The van der Waals surface area contributed by atoms with Crippen LogP contribution in [0.5, 0.6) is 0 Å². The fourth-order valence-electron chi connectivity index (χ4n) is 3.93. The van der Waals surface area contributed by atoms with Crippen molar-refractivity contribution >= 4 is 0 Å². The van der Waals surface area contributed by atoms with Crippen molar-refractivity contribution in [2.75, 3.05) is 79.3 Å². The Morgan fingerprint density at radius 3 is 1.82 bits per heavy atom. The zero-order valence-electron chi connectivity index (χ0n) is 21.8. The first-order valence-corrected chi connectivity index (χ1v) is 13.3. The number of rotatable bonds is 23. The molecule has 0 heterocycles. The van der Waals surface area contributed by atoms with Gasteiger partial charge in [-0.15, -0.1) is 0 Å². The Morgan fingerprint density at radius 2 is 1.21 bits per heavy atom. The number of hydrogen-bond donors (Lipinski definition) is 0. The Labute approximate surface area is 207 Å². The van der Waals surface area contributed by atoms with Crippen LogP contribution < -0.4 is 0 Å². The Bertz CT molecular complexity index is 571. The van der Waals surface area contributed by atoms with E-state index < -0.39 is 0 Å².